The van der Waals surface area contributed by atoms with Gasteiger partial charge in [0.1, 0.15) is 6.04 Å². The lowest BCUT2D eigenvalue weighted by molar-refractivity contribution is -0.140. The van der Waals surface area contributed by atoms with E-state index >= 15 is 0 Å². The van der Waals surface area contributed by atoms with Crippen molar-refractivity contribution in [3.63, 3.8) is 0 Å². The Morgan fingerprint density at radius 3 is 2.53 bits per heavy atom. The lowest BCUT2D eigenvalue weighted by atomic mass is 10.1. The quantitative estimate of drug-likeness (QED) is 0.739. The molecule has 0 heterocycles. The van der Waals surface area contributed by atoms with E-state index in [0.29, 0.717) is 5.02 Å². The second-order valence-electron chi connectivity index (χ2n) is 4.00. The monoisotopic (exact) mass is 284 g/mol. The first kappa shape index (κ1) is 15.0. The Labute approximate surface area is 114 Å². The van der Waals surface area contributed by atoms with Gasteiger partial charge < -0.3 is 16.2 Å². The third-order valence-electron chi connectivity index (χ3n) is 2.44. The number of aryl methyl sites for hydroxylation is 1. The maximum atomic E-state index is 11.8. The van der Waals surface area contributed by atoms with Crippen LogP contribution in [0.4, 0.5) is 0 Å². The Kier molecular flexibility index (Phi) is 4.88. The number of rotatable bonds is 5. The van der Waals surface area contributed by atoms with Crippen molar-refractivity contribution in [2.24, 2.45) is 5.73 Å². The number of nitrogens with two attached hydrogens (primary N) is 1. The van der Waals surface area contributed by atoms with Crippen LogP contribution in [0, 0.1) is 6.92 Å². The first-order chi connectivity index (χ1) is 8.81. The summed E-state index contributed by atoms with van der Waals surface area (Å²) in [5, 5.41) is 11.5. The summed E-state index contributed by atoms with van der Waals surface area (Å²) in [4.78, 5) is 33.4. The minimum absolute atomic E-state index is 0.214. The van der Waals surface area contributed by atoms with Crippen molar-refractivity contribution in [3.05, 3.63) is 34.3 Å². The van der Waals surface area contributed by atoms with Crippen LogP contribution in [0.2, 0.25) is 5.02 Å². The van der Waals surface area contributed by atoms with Crippen LogP contribution in [0.1, 0.15) is 22.3 Å². The average molecular weight is 285 g/mol. The third kappa shape index (κ3) is 4.26. The van der Waals surface area contributed by atoms with Gasteiger partial charge in [-0.15, -0.1) is 0 Å². The number of hydrogen-bond donors (Lipinski definition) is 3. The molecule has 0 bridgehead atoms. The molecule has 0 aliphatic rings. The van der Waals surface area contributed by atoms with E-state index in [4.69, 9.17) is 22.4 Å². The van der Waals surface area contributed by atoms with E-state index in [1.54, 1.807) is 13.0 Å². The molecule has 1 atom stereocenters. The first-order valence-electron chi connectivity index (χ1n) is 5.39. The maximum absolute atomic E-state index is 11.8. The molecule has 1 rings (SSSR count). The summed E-state index contributed by atoms with van der Waals surface area (Å²) in [7, 11) is 0. The Balaban J connectivity index is 2.84. The second-order valence-corrected chi connectivity index (χ2v) is 4.41. The smallest absolute Gasteiger partial charge is 0.326 e. The highest BCUT2D eigenvalue weighted by Crippen LogP contribution is 2.16. The maximum Gasteiger partial charge on any atom is 0.326 e. The number of aliphatic carboxylic acids is 1. The molecule has 1 aromatic rings. The van der Waals surface area contributed by atoms with Crippen molar-refractivity contribution in [2.75, 3.05) is 0 Å². The predicted molar refractivity (Wildman–Crippen MR) is 68.9 cm³/mol. The normalized spacial score (nSPS) is 11.7. The van der Waals surface area contributed by atoms with Crippen molar-refractivity contribution in [1.29, 1.82) is 0 Å². The topological polar surface area (TPSA) is 109 Å². The summed E-state index contributed by atoms with van der Waals surface area (Å²) in [6.45, 7) is 1.77. The fourth-order valence-corrected chi connectivity index (χ4v) is 1.56. The van der Waals surface area contributed by atoms with Crippen LogP contribution in [-0.2, 0) is 9.59 Å². The third-order valence-corrected chi connectivity index (χ3v) is 2.85. The number of carboxylic acid groups (broad SMARTS) is 1. The number of carboxylic acids is 1. The van der Waals surface area contributed by atoms with Crippen molar-refractivity contribution < 1.29 is 19.5 Å². The molecule has 0 radical (unpaired) electrons. The first-order valence-corrected chi connectivity index (χ1v) is 5.77. The fraction of sp³-hybridized carbons (Fsp3) is 0.250. The zero-order valence-corrected chi connectivity index (χ0v) is 10.9. The number of nitrogens with one attached hydrogen (secondary N) is 1. The molecule has 0 aliphatic carbocycles. The highest BCUT2D eigenvalue weighted by Gasteiger charge is 2.22. The van der Waals surface area contributed by atoms with Gasteiger partial charge in [0.25, 0.3) is 5.91 Å². The summed E-state index contributed by atoms with van der Waals surface area (Å²) in [5.41, 5.74) is 5.93. The van der Waals surface area contributed by atoms with Gasteiger partial charge in [0.05, 0.1) is 6.42 Å². The van der Waals surface area contributed by atoms with Gasteiger partial charge in [-0.2, -0.15) is 0 Å². The lowest BCUT2D eigenvalue weighted by Gasteiger charge is -2.13. The van der Waals surface area contributed by atoms with Crippen LogP contribution in [0.5, 0.6) is 0 Å². The number of benzene rings is 1. The molecule has 0 saturated carbocycles. The fourth-order valence-electron chi connectivity index (χ4n) is 1.38. The Morgan fingerprint density at radius 2 is 2.05 bits per heavy atom. The van der Waals surface area contributed by atoms with Crippen LogP contribution < -0.4 is 11.1 Å². The summed E-state index contributed by atoms with van der Waals surface area (Å²) in [5.74, 6) is -2.77. The average Bonchev–Trinajstić information content (AvgIpc) is 2.31. The minimum atomic E-state index is -1.36. The van der Waals surface area contributed by atoms with E-state index < -0.39 is 30.2 Å². The van der Waals surface area contributed by atoms with Crippen LogP contribution in [0.3, 0.4) is 0 Å². The molecule has 4 N–H and O–H groups in total. The predicted octanol–water partition coefficient (Wildman–Crippen LogP) is 0.707. The molecule has 0 aliphatic heterocycles. The molecule has 0 aromatic heterocycles. The van der Waals surface area contributed by atoms with E-state index in [1.165, 1.54) is 12.1 Å². The summed E-state index contributed by atoms with van der Waals surface area (Å²) in [6, 6.07) is 3.22. The number of hydrogen-bond acceptors (Lipinski definition) is 3. The van der Waals surface area contributed by atoms with Gasteiger partial charge in [-0.25, -0.2) is 4.79 Å². The van der Waals surface area contributed by atoms with Gasteiger partial charge in [0.2, 0.25) is 5.91 Å². The molecule has 19 heavy (non-hydrogen) atoms. The highest BCUT2D eigenvalue weighted by atomic mass is 35.5. The summed E-state index contributed by atoms with van der Waals surface area (Å²) >= 11 is 5.87. The number of amides is 2. The molecular weight excluding hydrogens is 272 g/mol. The number of carbonyl (C=O) groups excluding carboxylic acids is 2. The van der Waals surface area contributed by atoms with Gasteiger partial charge >= 0.3 is 5.97 Å². The largest absolute Gasteiger partial charge is 0.480 e. The van der Waals surface area contributed by atoms with Crippen molar-refractivity contribution in [1.82, 2.24) is 5.32 Å². The Morgan fingerprint density at radius 1 is 1.42 bits per heavy atom. The van der Waals surface area contributed by atoms with E-state index in [9.17, 15) is 14.4 Å². The van der Waals surface area contributed by atoms with Crippen LogP contribution in [0.25, 0.3) is 0 Å². The highest BCUT2D eigenvalue weighted by molar-refractivity contribution is 6.31. The van der Waals surface area contributed by atoms with Crippen molar-refractivity contribution in [2.45, 2.75) is 19.4 Å². The lowest BCUT2D eigenvalue weighted by Crippen LogP contribution is -2.43. The number of halogens is 1. The molecule has 1 unspecified atom stereocenters. The van der Waals surface area contributed by atoms with Gasteiger partial charge in [-0.1, -0.05) is 17.7 Å². The molecule has 6 nitrogen and oxygen atoms in total. The summed E-state index contributed by atoms with van der Waals surface area (Å²) < 4.78 is 0. The molecule has 7 heteroatoms. The van der Waals surface area contributed by atoms with E-state index in [-0.39, 0.29) is 5.56 Å². The van der Waals surface area contributed by atoms with Gasteiger partial charge in [0.15, 0.2) is 0 Å². The number of carbonyl (C=O) groups is 3. The molecule has 0 fully saturated rings. The Bertz CT molecular complexity index is 530. The molecule has 1 aromatic carbocycles. The van der Waals surface area contributed by atoms with Crippen LogP contribution >= 0.6 is 11.6 Å². The standard InChI is InChI=1S/C12H13ClN2O4/c1-6-2-3-7(4-8(6)13)11(17)15-9(12(18)19)5-10(14)16/h2-4,9H,5H2,1H3,(H2,14,16)(H,15,17)(H,18,19). The SMILES string of the molecule is Cc1ccc(C(=O)NC(CC(N)=O)C(=O)O)cc1Cl. The zero-order chi connectivity index (χ0) is 14.6. The van der Waals surface area contributed by atoms with E-state index in [0.717, 1.165) is 5.56 Å². The molecule has 2 amide bonds. The van der Waals surface area contributed by atoms with E-state index in [1.807, 2.05) is 0 Å². The van der Waals surface area contributed by atoms with E-state index in [2.05, 4.69) is 5.32 Å². The minimum Gasteiger partial charge on any atom is -0.480 e. The second kappa shape index (κ2) is 6.19. The Hall–Kier alpha value is -2.08. The summed E-state index contributed by atoms with van der Waals surface area (Å²) in [6.07, 6.45) is -0.472. The molecule has 0 saturated heterocycles. The van der Waals surface area contributed by atoms with Crippen molar-refractivity contribution in [3.8, 4) is 0 Å². The zero-order valence-electron chi connectivity index (χ0n) is 10.1. The number of primary amides is 1. The molecule has 102 valence electrons. The van der Waals surface area contributed by atoms with Gasteiger partial charge in [-0.3, -0.25) is 9.59 Å². The molecular formula is C12H13ClN2O4. The van der Waals surface area contributed by atoms with Crippen molar-refractivity contribution >= 4 is 29.4 Å². The van der Waals surface area contributed by atoms with Gasteiger partial charge in [-0.05, 0) is 24.6 Å². The van der Waals surface area contributed by atoms with Crippen LogP contribution in [0.15, 0.2) is 18.2 Å². The molecule has 0 spiro atoms. The van der Waals surface area contributed by atoms with Crippen LogP contribution in [-0.4, -0.2) is 28.9 Å². The van der Waals surface area contributed by atoms with Gasteiger partial charge in [0, 0.05) is 10.6 Å².